The lowest BCUT2D eigenvalue weighted by Crippen LogP contribution is -2.16. The average molecular weight is 304 g/mol. The van der Waals surface area contributed by atoms with Crippen molar-refractivity contribution in [1.29, 1.82) is 0 Å². The zero-order valence-corrected chi connectivity index (χ0v) is 12.0. The number of amides is 1. The second-order valence-corrected chi connectivity index (χ2v) is 5.22. The van der Waals surface area contributed by atoms with Gasteiger partial charge in [0, 0.05) is 28.0 Å². The summed E-state index contributed by atoms with van der Waals surface area (Å²) in [7, 11) is 0. The SMILES string of the molecule is O=C(Nc1ccc2cn[nH]c2c1)c1cc(=O)[nH]c2ccccc12. The highest BCUT2D eigenvalue weighted by atomic mass is 16.2. The molecule has 2 heterocycles. The summed E-state index contributed by atoms with van der Waals surface area (Å²) in [6.07, 6.45) is 1.71. The molecule has 23 heavy (non-hydrogen) atoms. The summed E-state index contributed by atoms with van der Waals surface area (Å²) in [5.74, 6) is -0.328. The maximum atomic E-state index is 12.6. The Hall–Kier alpha value is -3.41. The van der Waals surface area contributed by atoms with Gasteiger partial charge in [0.15, 0.2) is 0 Å². The second kappa shape index (κ2) is 5.10. The van der Waals surface area contributed by atoms with E-state index in [1.165, 1.54) is 6.07 Å². The van der Waals surface area contributed by atoms with Crippen molar-refractivity contribution >= 4 is 33.4 Å². The lowest BCUT2D eigenvalue weighted by molar-refractivity contribution is 0.102. The Morgan fingerprint density at radius 2 is 1.91 bits per heavy atom. The number of hydrogen-bond acceptors (Lipinski definition) is 3. The van der Waals surface area contributed by atoms with Crippen molar-refractivity contribution in [2.45, 2.75) is 0 Å². The van der Waals surface area contributed by atoms with Gasteiger partial charge in [-0.05, 0) is 24.3 Å². The lowest BCUT2D eigenvalue weighted by Gasteiger charge is -2.08. The van der Waals surface area contributed by atoms with Crippen molar-refractivity contribution in [3.8, 4) is 0 Å². The number of H-pyrrole nitrogens is 2. The van der Waals surface area contributed by atoms with E-state index in [-0.39, 0.29) is 11.5 Å². The monoisotopic (exact) mass is 304 g/mol. The molecule has 6 nitrogen and oxygen atoms in total. The van der Waals surface area contributed by atoms with E-state index >= 15 is 0 Å². The third kappa shape index (κ3) is 2.36. The molecule has 4 aromatic rings. The standard InChI is InChI=1S/C17H12N4O2/c22-16-8-13(12-3-1-2-4-14(12)20-16)17(23)19-11-6-5-10-9-18-21-15(10)7-11/h1-9H,(H,18,21)(H,19,23)(H,20,22). The highest BCUT2D eigenvalue weighted by molar-refractivity contribution is 6.12. The van der Waals surface area contributed by atoms with Crippen LogP contribution in [0.15, 0.2) is 59.5 Å². The number of rotatable bonds is 2. The van der Waals surface area contributed by atoms with Gasteiger partial charge in [-0.25, -0.2) is 0 Å². The maximum absolute atomic E-state index is 12.6. The van der Waals surface area contributed by atoms with Crippen LogP contribution in [0.2, 0.25) is 0 Å². The van der Waals surface area contributed by atoms with Crippen LogP contribution in [-0.4, -0.2) is 21.1 Å². The van der Waals surface area contributed by atoms with Crippen LogP contribution in [0.3, 0.4) is 0 Å². The third-order valence-corrected chi connectivity index (χ3v) is 3.69. The van der Waals surface area contributed by atoms with Gasteiger partial charge in [-0.2, -0.15) is 5.10 Å². The smallest absolute Gasteiger partial charge is 0.256 e. The Morgan fingerprint density at radius 3 is 2.83 bits per heavy atom. The van der Waals surface area contributed by atoms with Crippen molar-refractivity contribution in [3.05, 3.63) is 70.6 Å². The van der Waals surface area contributed by atoms with E-state index in [9.17, 15) is 9.59 Å². The number of carbonyl (C=O) groups is 1. The highest BCUT2D eigenvalue weighted by Gasteiger charge is 2.12. The second-order valence-electron chi connectivity index (χ2n) is 5.22. The molecule has 3 N–H and O–H groups in total. The average Bonchev–Trinajstić information content (AvgIpc) is 3.01. The third-order valence-electron chi connectivity index (χ3n) is 3.69. The molecule has 0 aliphatic carbocycles. The molecule has 0 saturated heterocycles. The molecule has 0 atom stereocenters. The molecule has 2 aromatic carbocycles. The predicted molar refractivity (Wildman–Crippen MR) is 88.6 cm³/mol. The largest absolute Gasteiger partial charge is 0.322 e. The Morgan fingerprint density at radius 1 is 1.04 bits per heavy atom. The first-order valence-corrected chi connectivity index (χ1v) is 7.07. The van der Waals surface area contributed by atoms with Crippen molar-refractivity contribution < 1.29 is 4.79 Å². The van der Waals surface area contributed by atoms with Gasteiger partial charge >= 0.3 is 0 Å². The first-order chi connectivity index (χ1) is 11.2. The molecule has 0 bridgehead atoms. The first-order valence-electron chi connectivity index (χ1n) is 7.07. The number of carbonyl (C=O) groups excluding carboxylic acids is 1. The quantitative estimate of drug-likeness (QED) is 0.531. The van der Waals surface area contributed by atoms with Crippen molar-refractivity contribution in [2.75, 3.05) is 5.32 Å². The van der Waals surface area contributed by atoms with Crippen molar-refractivity contribution in [2.24, 2.45) is 0 Å². The van der Waals surface area contributed by atoms with Gasteiger partial charge in [-0.3, -0.25) is 14.7 Å². The molecule has 112 valence electrons. The van der Waals surface area contributed by atoms with E-state index in [0.29, 0.717) is 22.2 Å². The van der Waals surface area contributed by atoms with Gasteiger partial charge in [-0.1, -0.05) is 18.2 Å². The molecule has 0 spiro atoms. The lowest BCUT2D eigenvalue weighted by atomic mass is 10.1. The number of hydrogen-bond donors (Lipinski definition) is 3. The van der Waals surface area contributed by atoms with Gasteiger partial charge in [0.2, 0.25) is 5.56 Å². The van der Waals surface area contributed by atoms with Gasteiger partial charge in [-0.15, -0.1) is 0 Å². The molecule has 4 rings (SSSR count). The molecular formula is C17H12N4O2. The molecule has 0 fully saturated rings. The van der Waals surface area contributed by atoms with Crippen LogP contribution in [0.25, 0.3) is 21.8 Å². The Bertz CT molecular complexity index is 1090. The number of para-hydroxylation sites is 1. The Balaban J connectivity index is 1.75. The number of nitrogens with zero attached hydrogens (tertiary/aromatic N) is 1. The van der Waals surface area contributed by atoms with Crippen LogP contribution in [-0.2, 0) is 0 Å². The maximum Gasteiger partial charge on any atom is 0.256 e. The molecule has 0 saturated carbocycles. The fourth-order valence-corrected chi connectivity index (χ4v) is 2.61. The highest BCUT2D eigenvalue weighted by Crippen LogP contribution is 2.19. The number of benzene rings is 2. The van der Waals surface area contributed by atoms with Crippen LogP contribution >= 0.6 is 0 Å². The van der Waals surface area contributed by atoms with E-state index in [2.05, 4.69) is 20.5 Å². The molecule has 2 aromatic heterocycles. The Kier molecular flexibility index (Phi) is 2.94. The summed E-state index contributed by atoms with van der Waals surface area (Å²) in [5, 5.41) is 11.3. The van der Waals surface area contributed by atoms with Crippen molar-refractivity contribution in [1.82, 2.24) is 15.2 Å². The minimum Gasteiger partial charge on any atom is -0.322 e. The molecule has 6 heteroatoms. The van der Waals surface area contributed by atoms with E-state index in [1.54, 1.807) is 30.5 Å². The van der Waals surface area contributed by atoms with Crippen LogP contribution < -0.4 is 10.9 Å². The topological polar surface area (TPSA) is 90.6 Å². The van der Waals surface area contributed by atoms with Crippen LogP contribution in [0, 0.1) is 0 Å². The van der Waals surface area contributed by atoms with Gasteiger partial charge in [0.1, 0.15) is 0 Å². The van der Waals surface area contributed by atoms with E-state index in [0.717, 1.165) is 10.9 Å². The zero-order chi connectivity index (χ0) is 15.8. The minimum absolute atomic E-state index is 0.308. The number of anilines is 1. The molecule has 0 radical (unpaired) electrons. The number of aromatic amines is 2. The summed E-state index contributed by atoms with van der Waals surface area (Å²) in [6, 6.07) is 14.0. The fourth-order valence-electron chi connectivity index (χ4n) is 2.61. The molecule has 1 amide bonds. The molecule has 0 aliphatic heterocycles. The first kappa shape index (κ1) is 13.3. The summed E-state index contributed by atoms with van der Waals surface area (Å²) in [5.41, 5.74) is 2.13. The number of fused-ring (bicyclic) bond motifs is 2. The molecule has 0 unspecified atom stereocenters. The zero-order valence-electron chi connectivity index (χ0n) is 12.0. The summed E-state index contributed by atoms with van der Waals surface area (Å²) in [4.78, 5) is 27.0. The molecular weight excluding hydrogens is 292 g/mol. The summed E-state index contributed by atoms with van der Waals surface area (Å²) in [6.45, 7) is 0. The number of aromatic nitrogens is 3. The number of nitrogens with one attached hydrogen (secondary N) is 3. The van der Waals surface area contributed by atoms with E-state index < -0.39 is 0 Å². The fraction of sp³-hybridized carbons (Fsp3) is 0. The van der Waals surface area contributed by atoms with Gasteiger partial charge < -0.3 is 10.3 Å². The van der Waals surface area contributed by atoms with Gasteiger partial charge in [0.05, 0.1) is 17.3 Å². The molecule has 0 aliphatic rings. The van der Waals surface area contributed by atoms with E-state index in [4.69, 9.17) is 0 Å². The Labute approximate surface area is 130 Å². The van der Waals surface area contributed by atoms with Gasteiger partial charge in [0.25, 0.3) is 5.91 Å². The van der Waals surface area contributed by atoms with Crippen LogP contribution in [0.5, 0.6) is 0 Å². The van der Waals surface area contributed by atoms with Crippen LogP contribution in [0.4, 0.5) is 5.69 Å². The van der Waals surface area contributed by atoms with E-state index in [1.807, 2.05) is 18.2 Å². The summed E-state index contributed by atoms with van der Waals surface area (Å²) >= 11 is 0. The minimum atomic E-state index is -0.328. The van der Waals surface area contributed by atoms with Crippen LogP contribution in [0.1, 0.15) is 10.4 Å². The predicted octanol–water partition coefficient (Wildman–Crippen LogP) is 2.66. The van der Waals surface area contributed by atoms with Crippen molar-refractivity contribution in [3.63, 3.8) is 0 Å². The summed E-state index contributed by atoms with van der Waals surface area (Å²) < 4.78 is 0. The normalized spacial score (nSPS) is 11.0. The number of pyridine rings is 1.